The molecule has 2 aliphatic heterocycles. The monoisotopic (exact) mass is 647 g/mol. The molecule has 226 valence electrons. The van der Waals surface area contributed by atoms with E-state index < -0.39 is 52.9 Å². The van der Waals surface area contributed by atoms with Crippen molar-refractivity contribution in [1.82, 2.24) is 25.0 Å². The molecule has 1 fully saturated rings. The molecule has 3 aromatic rings. The van der Waals surface area contributed by atoms with Gasteiger partial charge in [-0.05, 0) is 43.0 Å². The van der Waals surface area contributed by atoms with Gasteiger partial charge in [0.25, 0.3) is 23.0 Å². The van der Waals surface area contributed by atoms with Crippen LogP contribution in [0.4, 0.5) is 17.6 Å². The van der Waals surface area contributed by atoms with Crippen LogP contribution in [0, 0.1) is 6.92 Å². The first-order valence-corrected chi connectivity index (χ1v) is 15.6. The summed E-state index contributed by atoms with van der Waals surface area (Å²) in [6.45, 7) is 1.89. The van der Waals surface area contributed by atoms with E-state index in [9.17, 15) is 35.3 Å². The van der Waals surface area contributed by atoms with Crippen molar-refractivity contribution in [1.29, 1.82) is 0 Å². The number of thiazole rings is 1. The number of benzene rings is 1. The lowest BCUT2D eigenvalue weighted by atomic mass is 9.97. The first-order chi connectivity index (χ1) is 19.8. The third-order valence-electron chi connectivity index (χ3n) is 7.45. The third-order valence-corrected chi connectivity index (χ3v) is 9.87. The van der Waals surface area contributed by atoms with Gasteiger partial charge in [0.15, 0.2) is 0 Å². The molecule has 2 aliphatic rings. The van der Waals surface area contributed by atoms with E-state index in [2.05, 4.69) is 10.4 Å². The van der Waals surface area contributed by atoms with Gasteiger partial charge in [0, 0.05) is 42.6 Å². The fourth-order valence-electron chi connectivity index (χ4n) is 5.22. The summed E-state index contributed by atoms with van der Waals surface area (Å²) in [4.78, 5) is 18.8. The Morgan fingerprint density at radius 3 is 2.57 bits per heavy atom. The normalized spacial score (nSPS) is 18.2. The summed E-state index contributed by atoms with van der Waals surface area (Å²) in [5.74, 6) is -0.422. The van der Waals surface area contributed by atoms with Crippen LogP contribution in [0.1, 0.15) is 77.3 Å². The molecule has 0 saturated carbocycles. The highest BCUT2D eigenvalue weighted by atomic mass is 35.5. The van der Waals surface area contributed by atoms with Crippen LogP contribution in [0.15, 0.2) is 34.7 Å². The van der Waals surface area contributed by atoms with E-state index in [0.29, 0.717) is 59.9 Å². The van der Waals surface area contributed by atoms with Gasteiger partial charge in [-0.25, -0.2) is 22.5 Å². The van der Waals surface area contributed by atoms with Gasteiger partial charge in [-0.2, -0.15) is 13.5 Å². The summed E-state index contributed by atoms with van der Waals surface area (Å²) in [6, 6.07) is 3.00. The molecular formula is C26H26ClF4N5O4S2. The number of piperidine rings is 1. The van der Waals surface area contributed by atoms with E-state index in [-0.39, 0.29) is 15.8 Å². The Kier molecular flexibility index (Phi) is 8.65. The number of hydrogen-bond donors (Lipinski definition) is 2. The Hall–Kier alpha value is -3.01. The molecule has 1 amide bonds. The molecule has 5 rings (SSSR count). The van der Waals surface area contributed by atoms with Crippen molar-refractivity contribution >= 4 is 44.5 Å². The molecule has 1 aromatic carbocycles. The maximum atomic E-state index is 13.3. The highest BCUT2D eigenvalue weighted by Gasteiger charge is 2.31. The number of amides is 1. The predicted molar refractivity (Wildman–Crippen MR) is 147 cm³/mol. The minimum absolute atomic E-state index is 0.0580. The molecule has 1 saturated heterocycles. The average molecular weight is 648 g/mol. The van der Waals surface area contributed by atoms with Gasteiger partial charge in [0.05, 0.1) is 21.8 Å². The number of aryl methyl sites for hydroxylation is 1. The molecule has 0 aliphatic carbocycles. The fourth-order valence-corrected chi connectivity index (χ4v) is 7.35. The minimum Gasteiger partial charge on any atom is -0.383 e. The van der Waals surface area contributed by atoms with Crippen molar-refractivity contribution in [2.75, 3.05) is 13.1 Å². The van der Waals surface area contributed by atoms with Crippen molar-refractivity contribution in [2.24, 2.45) is 0 Å². The molecule has 0 radical (unpaired) electrons. The van der Waals surface area contributed by atoms with Crippen LogP contribution in [-0.4, -0.2) is 51.6 Å². The Morgan fingerprint density at radius 1 is 1.21 bits per heavy atom. The Morgan fingerprint density at radius 2 is 1.93 bits per heavy atom. The number of aromatic nitrogens is 3. The number of hydrogen-bond acceptors (Lipinski definition) is 7. The maximum Gasteiger partial charge on any atom is 0.294 e. The molecule has 2 aromatic heterocycles. The van der Waals surface area contributed by atoms with Gasteiger partial charge in [-0.3, -0.25) is 14.0 Å². The zero-order valence-electron chi connectivity index (χ0n) is 22.1. The lowest BCUT2D eigenvalue weighted by Crippen LogP contribution is -2.40. The van der Waals surface area contributed by atoms with Crippen LogP contribution < -0.4 is 5.32 Å². The SMILES string of the molecule is Cc1ccc(S(=O)(=O)O)c(C2CC(c3csc(C4CCN(C(=O)Cn5nc(C(F)F)cc5C(F)F)CC4)n3)=CN2)c1Cl. The average Bonchev–Trinajstić information content (AvgIpc) is 3.69. The summed E-state index contributed by atoms with van der Waals surface area (Å²) < 4.78 is 86.8. The first kappa shape index (κ1) is 30.4. The van der Waals surface area contributed by atoms with Gasteiger partial charge in [0.1, 0.15) is 22.8 Å². The quantitative estimate of drug-likeness (QED) is 0.231. The van der Waals surface area contributed by atoms with Gasteiger partial charge >= 0.3 is 0 Å². The Bertz CT molecular complexity index is 1630. The number of nitrogens with zero attached hydrogens (tertiary/aromatic N) is 4. The molecule has 2 N–H and O–H groups in total. The van der Waals surface area contributed by atoms with E-state index >= 15 is 0 Å². The number of likely N-dealkylation sites (tertiary alicyclic amines) is 1. The van der Waals surface area contributed by atoms with Crippen LogP contribution >= 0.6 is 22.9 Å². The number of rotatable bonds is 8. The highest BCUT2D eigenvalue weighted by molar-refractivity contribution is 7.85. The first-order valence-electron chi connectivity index (χ1n) is 12.9. The van der Waals surface area contributed by atoms with Crippen LogP contribution in [0.3, 0.4) is 0 Å². The van der Waals surface area contributed by atoms with Crippen molar-refractivity contribution in [3.05, 3.63) is 68.0 Å². The molecule has 0 bridgehead atoms. The number of alkyl halides is 4. The van der Waals surface area contributed by atoms with Crippen molar-refractivity contribution in [3.8, 4) is 0 Å². The fraction of sp³-hybridized carbons (Fsp3) is 0.423. The molecule has 1 atom stereocenters. The second-order valence-corrected chi connectivity index (χ2v) is 12.8. The highest BCUT2D eigenvalue weighted by Crippen LogP contribution is 2.41. The van der Waals surface area contributed by atoms with E-state index in [1.54, 1.807) is 13.1 Å². The molecular weight excluding hydrogens is 622 g/mol. The molecule has 4 heterocycles. The summed E-state index contributed by atoms with van der Waals surface area (Å²) >= 11 is 7.91. The molecule has 42 heavy (non-hydrogen) atoms. The molecule has 0 spiro atoms. The third kappa shape index (κ3) is 6.19. The van der Waals surface area contributed by atoms with Crippen molar-refractivity contribution < 1.29 is 35.3 Å². The van der Waals surface area contributed by atoms with E-state index in [1.807, 2.05) is 5.38 Å². The minimum atomic E-state index is -4.50. The zero-order chi connectivity index (χ0) is 30.3. The molecule has 1 unspecified atom stereocenters. The van der Waals surface area contributed by atoms with Crippen LogP contribution in [-0.2, 0) is 21.5 Å². The molecule has 16 heteroatoms. The van der Waals surface area contributed by atoms with Crippen LogP contribution in [0.25, 0.3) is 5.57 Å². The number of halogens is 5. The van der Waals surface area contributed by atoms with Gasteiger partial charge < -0.3 is 10.2 Å². The standard InChI is InChI=1S/C26H26ClF4N5O4S2/c1-13-2-3-20(42(38,39)40)22(23(13)27)16-8-15(10-32-16)18-12-41-26(33-18)14-4-6-35(7-5-14)21(37)11-36-19(25(30)31)9-17(34-36)24(28)29/h2-3,9-10,12,14,16,24-25,32H,4-8,11H2,1H3,(H,38,39,40). The smallest absolute Gasteiger partial charge is 0.294 e. The maximum absolute atomic E-state index is 13.3. The Balaban J connectivity index is 1.21. The second-order valence-electron chi connectivity index (χ2n) is 10.2. The van der Waals surface area contributed by atoms with Crippen LogP contribution in [0.2, 0.25) is 5.02 Å². The van der Waals surface area contributed by atoms with Gasteiger partial charge in [-0.15, -0.1) is 11.3 Å². The summed E-state index contributed by atoms with van der Waals surface area (Å²) in [5.41, 5.74) is 1.00. The van der Waals surface area contributed by atoms with Gasteiger partial charge in [-0.1, -0.05) is 17.7 Å². The summed E-state index contributed by atoms with van der Waals surface area (Å²) in [6.07, 6.45) is -2.75. The van der Waals surface area contributed by atoms with Crippen LogP contribution in [0.5, 0.6) is 0 Å². The van der Waals surface area contributed by atoms with Crippen molar-refractivity contribution in [3.63, 3.8) is 0 Å². The predicted octanol–water partition coefficient (Wildman–Crippen LogP) is 5.91. The number of nitrogens with one attached hydrogen (secondary N) is 1. The largest absolute Gasteiger partial charge is 0.383 e. The lowest BCUT2D eigenvalue weighted by Gasteiger charge is -2.31. The molecule has 9 nitrogen and oxygen atoms in total. The van der Waals surface area contributed by atoms with Crippen molar-refractivity contribution in [2.45, 2.75) is 62.4 Å². The number of carbonyl (C=O) groups is 1. The zero-order valence-corrected chi connectivity index (χ0v) is 24.5. The summed E-state index contributed by atoms with van der Waals surface area (Å²) in [5, 5.41) is 9.66. The Labute approximate surface area is 247 Å². The second kappa shape index (κ2) is 11.9. The summed E-state index contributed by atoms with van der Waals surface area (Å²) in [7, 11) is -4.50. The van der Waals surface area contributed by atoms with E-state index in [1.165, 1.54) is 28.4 Å². The van der Waals surface area contributed by atoms with E-state index in [0.717, 1.165) is 10.6 Å². The number of carbonyl (C=O) groups excluding carboxylic acids is 1. The lowest BCUT2D eigenvalue weighted by molar-refractivity contribution is -0.133. The topological polar surface area (TPSA) is 117 Å². The van der Waals surface area contributed by atoms with Gasteiger partial charge in [0.2, 0.25) is 5.91 Å². The van der Waals surface area contributed by atoms with E-state index in [4.69, 9.17) is 16.6 Å².